The number of benzene rings is 2. The molecule has 38 heavy (non-hydrogen) atoms. The van der Waals surface area contributed by atoms with Crippen LogP contribution in [0.2, 0.25) is 10.0 Å². The molecule has 1 aliphatic carbocycles. The van der Waals surface area contributed by atoms with Crippen LogP contribution in [-0.2, 0) is 15.0 Å². The monoisotopic (exact) mass is 560 g/mol. The number of fused-ring (bicyclic) bond motifs is 2. The summed E-state index contributed by atoms with van der Waals surface area (Å²) < 4.78 is 15.8. The van der Waals surface area contributed by atoms with Crippen LogP contribution in [-0.4, -0.2) is 35.0 Å². The number of hydrogen-bond acceptors (Lipinski definition) is 4. The minimum atomic E-state index is -1.23. The van der Waals surface area contributed by atoms with Crippen molar-refractivity contribution in [3.8, 4) is 0 Å². The molecule has 1 amide bonds. The topological polar surface area (TPSA) is 78.4 Å². The lowest BCUT2D eigenvalue weighted by Gasteiger charge is -2.38. The van der Waals surface area contributed by atoms with Crippen molar-refractivity contribution in [3.63, 3.8) is 0 Å². The summed E-state index contributed by atoms with van der Waals surface area (Å²) in [6.45, 7) is 6.28. The average Bonchev–Trinajstić information content (AvgIpc) is 3.31. The molecule has 1 saturated carbocycles. The highest BCUT2D eigenvalue weighted by Gasteiger charge is 2.66. The summed E-state index contributed by atoms with van der Waals surface area (Å²) in [6.07, 6.45) is 3.48. The Hall–Kier alpha value is -1.99. The van der Waals surface area contributed by atoms with Crippen molar-refractivity contribution in [3.05, 3.63) is 63.4 Å². The molecular weight excluding hydrogens is 526 g/mol. The fraction of sp³-hybridized carbons (Fsp3) is 0.533. The van der Waals surface area contributed by atoms with Crippen LogP contribution in [0, 0.1) is 17.2 Å². The molecule has 204 valence electrons. The zero-order chi connectivity index (χ0) is 27.4. The summed E-state index contributed by atoms with van der Waals surface area (Å²) >= 11 is 12.6. The maximum Gasteiger partial charge on any atom is 0.237 e. The van der Waals surface area contributed by atoms with Crippen molar-refractivity contribution in [2.75, 3.05) is 5.32 Å². The average molecular weight is 562 g/mol. The van der Waals surface area contributed by atoms with E-state index in [1.165, 1.54) is 6.07 Å². The smallest absolute Gasteiger partial charge is 0.237 e. The number of carbonyl (C=O) groups excluding carboxylic acids is 2. The van der Waals surface area contributed by atoms with Crippen molar-refractivity contribution in [1.82, 2.24) is 5.32 Å². The number of nitrogens with one attached hydrogen (secondary N) is 2. The first-order valence-corrected chi connectivity index (χ1v) is 14.2. The van der Waals surface area contributed by atoms with Gasteiger partial charge in [-0.1, -0.05) is 62.2 Å². The summed E-state index contributed by atoms with van der Waals surface area (Å²) in [5, 5.41) is 16.9. The summed E-state index contributed by atoms with van der Waals surface area (Å²) in [6, 6.07) is 8.87. The molecule has 0 radical (unpaired) electrons. The molecule has 3 N–H and O–H groups in total. The number of Topliss-reactive ketones (excluding diaryl/α,β-unsaturated/α-hetero) is 1. The molecule has 2 aromatic carbocycles. The standard InChI is InChI=1S/C30H35Cl2FN2O3/c1-29(2,3)15-24-30(20-12-9-17(31)14-22(20)34-28(30)38)25(19-5-4-6-21(32)26(19)33)27(35-24)23(37)13-16-7-10-18(36)11-8-16/h4-6,9,12,14,16,18,24-25,27,35-36H,7-8,10-11,13,15H2,1-3H3,(H,34,38)/t16?,18?,24-,25-,27-,30+/m1/s1. The lowest BCUT2D eigenvalue weighted by molar-refractivity contribution is -0.123. The number of carbonyl (C=O) groups is 2. The van der Waals surface area contributed by atoms with Crippen LogP contribution < -0.4 is 10.6 Å². The molecule has 2 fully saturated rings. The molecule has 4 atom stereocenters. The Morgan fingerprint density at radius 1 is 1.13 bits per heavy atom. The Morgan fingerprint density at radius 3 is 2.53 bits per heavy atom. The van der Waals surface area contributed by atoms with Gasteiger partial charge in [0.05, 0.1) is 17.2 Å². The van der Waals surface area contributed by atoms with Gasteiger partial charge in [-0.3, -0.25) is 9.59 Å². The van der Waals surface area contributed by atoms with Gasteiger partial charge < -0.3 is 15.7 Å². The zero-order valence-electron chi connectivity index (χ0n) is 22.0. The fourth-order valence-electron chi connectivity index (χ4n) is 6.96. The SMILES string of the molecule is CC(C)(C)C[C@H]1N[C@H](C(=O)CC2CCC(O)CC2)[C@@H](c2cccc(Cl)c2F)[C@@]12C(=O)Nc1cc(Cl)ccc12. The Balaban J connectivity index is 1.67. The van der Waals surface area contributed by atoms with Gasteiger partial charge in [-0.2, -0.15) is 0 Å². The second-order valence-corrected chi connectivity index (χ2v) is 13.3. The van der Waals surface area contributed by atoms with Crippen LogP contribution in [0.4, 0.5) is 10.1 Å². The van der Waals surface area contributed by atoms with Gasteiger partial charge in [0.15, 0.2) is 5.78 Å². The highest BCUT2D eigenvalue weighted by molar-refractivity contribution is 6.31. The molecule has 0 aromatic heterocycles. The number of amides is 1. The molecule has 2 heterocycles. The van der Waals surface area contributed by atoms with Crippen LogP contribution in [0.1, 0.15) is 76.3 Å². The number of halogens is 3. The highest BCUT2D eigenvalue weighted by atomic mass is 35.5. The Labute approximate surface area is 233 Å². The zero-order valence-corrected chi connectivity index (χ0v) is 23.5. The largest absolute Gasteiger partial charge is 0.393 e. The Kier molecular flexibility index (Phi) is 7.40. The summed E-state index contributed by atoms with van der Waals surface area (Å²) in [5.41, 5.74) is 0.146. The Morgan fingerprint density at radius 2 is 1.84 bits per heavy atom. The van der Waals surface area contributed by atoms with Crippen LogP contribution in [0.3, 0.4) is 0 Å². The molecule has 5 nitrogen and oxygen atoms in total. The second-order valence-electron chi connectivity index (χ2n) is 12.4. The number of ketones is 1. The minimum absolute atomic E-state index is 0.0400. The van der Waals surface area contributed by atoms with E-state index in [1.54, 1.807) is 24.3 Å². The lowest BCUT2D eigenvalue weighted by Crippen LogP contribution is -2.49. The van der Waals surface area contributed by atoms with Gasteiger partial charge in [0.1, 0.15) is 11.2 Å². The van der Waals surface area contributed by atoms with Gasteiger partial charge in [0, 0.05) is 29.1 Å². The van der Waals surface area contributed by atoms with Crippen LogP contribution in [0.25, 0.3) is 0 Å². The first-order valence-electron chi connectivity index (χ1n) is 13.4. The number of aliphatic hydroxyl groups excluding tert-OH is 1. The molecule has 0 unspecified atom stereocenters. The lowest BCUT2D eigenvalue weighted by atomic mass is 9.62. The molecule has 1 spiro atoms. The van der Waals surface area contributed by atoms with Crippen molar-refractivity contribution in [2.24, 2.45) is 11.3 Å². The van der Waals surface area contributed by atoms with Crippen LogP contribution in [0.5, 0.6) is 0 Å². The first kappa shape index (κ1) is 27.6. The summed E-state index contributed by atoms with van der Waals surface area (Å²) in [7, 11) is 0. The van der Waals surface area contributed by atoms with E-state index in [2.05, 4.69) is 31.4 Å². The molecule has 2 aliphatic heterocycles. The van der Waals surface area contributed by atoms with Crippen molar-refractivity contribution < 1.29 is 19.1 Å². The molecule has 8 heteroatoms. The normalized spacial score (nSPS) is 30.9. The molecule has 5 rings (SSSR count). The van der Waals surface area contributed by atoms with Crippen LogP contribution >= 0.6 is 23.2 Å². The van der Waals surface area contributed by atoms with Crippen molar-refractivity contribution in [2.45, 2.75) is 88.8 Å². The maximum atomic E-state index is 15.8. The minimum Gasteiger partial charge on any atom is -0.393 e. The van der Waals surface area contributed by atoms with Gasteiger partial charge in [0.25, 0.3) is 0 Å². The van der Waals surface area contributed by atoms with E-state index in [1.807, 2.05) is 6.07 Å². The third-order valence-electron chi connectivity index (χ3n) is 8.59. The number of anilines is 1. The van der Waals surface area contributed by atoms with E-state index < -0.39 is 29.2 Å². The van der Waals surface area contributed by atoms with E-state index >= 15 is 4.39 Å². The predicted molar refractivity (Wildman–Crippen MR) is 148 cm³/mol. The molecule has 0 bridgehead atoms. The van der Waals surface area contributed by atoms with Gasteiger partial charge >= 0.3 is 0 Å². The van der Waals surface area contributed by atoms with Crippen LogP contribution in [0.15, 0.2) is 36.4 Å². The molecule has 3 aliphatic rings. The Bertz CT molecular complexity index is 1250. The molecular formula is C30H35Cl2FN2O3. The number of hydrogen-bond donors (Lipinski definition) is 3. The van der Waals surface area contributed by atoms with E-state index in [0.29, 0.717) is 42.0 Å². The van der Waals surface area contributed by atoms with Crippen molar-refractivity contribution >= 4 is 40.6 Å². The quantitative estimate of drug-likeness (QED) is 0.395. The highest BCUT2D eigenvalue weighted by Crippen LogP contribution is 2.57. The summed E-state index contributed by atoms with van der Waals surface area (Å²) in [4.78, 5) is 28.2. The van der Waals surface area contributed by atoms with E-state index in [-0.39, 0.29) is 39.7 Å². The van der Waals surface area contributed by atoms with E-state index in [0.717, 1.165) is 12.8 Å². The third-order valence-corrected chi connectivity index (χ3v) is 9.12. The third kappa shape index (κ3) is 4.78. The molecule has 2 aromatic rings. The fourth-order valence-corrected chi connectivity index (χ4v) is 7.32. The predicted octanol–water partition coefficient (Wildman–Crippen LogP) is 6.39. The van der Waals surface area contributed by atoms with Gasteiger partial charge in [-0.15, -0.1) is 0 Å². The van der Waals surface area contributed by atoms with Gasteiger partial charge in [0.2, 0.25) is 5.91 Å². The second kappa shape index (κ2) is 10.2. The van der Waals surface area contributed by atoms with Gasteiger partial charge in [-0.25, -0.2) is 4.39 Å². The number of rotatable bonds is 5. The molecule has 1 saturated heterocycles. The summed E-state index contributed by atoms with van der Waals surface area (Å²) in [5.74, 6) is -1.57. The van der Waals surface area contributed by atoms with Crippen molar-refractivity contribution in [1.29, 1.82) is 0 Å². The number of aliphatic hydroxyl groups is 1. The van der Waals surface area contributed by atoms with Gasteiger partial charge in [-0.05, 0) is 72.8 Å². The first-order chi connectivity index (χ1) is 17.9. The maximum absolute atomic E-state index is 15.8. The van der Waals surface area contributed by atoms with E-state index in [9.17, 15) is 14.7 Å². The van der Waals surface area contributed by atoms with E-state index in [4.69, 9.17) is 23.2 Å².